The molecule has 0 saturated carbocycles. The van der Waals surface area contributed by atoms with Crippen molar-refractivity contribution < 1.29 is 9.90 Å². The lowest BCUT2D eigenvalue weighted by atomic mass is 10.0. The number of nitrogens with one attached hydrogen (secondary N) is 2. The molecule has 1 rings (SSSR count). The molecule has 3 N–H and O–H groups in total. The Morgan fingerprint density at radius 2 is 2.05 bits per heavy atom. The number of nitrogens with zero attached hydrogens (tertiary/aromatic N) is 1. The maximum absolute atomic E-state index is 11.6. The van der Waals surface area contributed by atoms with Crippen LogP contribution in [0.15, 0.2) is 24.3 Å². The average Bonchev–Trinajstić information content (AvgIpc) is 2.50. The first-order valence-corrected chi connectivity index (χ1v) is 6.75. The van der Waals surface area contributed by atoms with Crippen LogP contribution in [0.1, 0.15) is 25.8 Å². The summed E-state index contributed by atoms with van der Waals surface area (Å²) in [6, 6.07) is 8.91. The highest BCUT2D eigenvalue weighted by molar-refractivity contribution is 5.80. The maximum atomic E-state index is 11.6. The molecule has 20 heavy (non-hydrogen) atoms. The van der Waals surface area contributed by atoms with Gasteiger partial charge in [0.05, 0.1) is 24.3 Å². The number of hydrogen-bond acceptors (Lipinski definition) is 4. The Bertz CT molecular complexity index is 465. The van der Waals surface area contributed by atoms with Crippen molar-refractivity contribution in [2.45, 2.75) is 26.4 Å². The molecule has 5 nitrogen and oxygen atoms in total. The number of carbonyl (C=O) groups is 1. The normalized spacial score (nSPS) is 13.1. The smallest absolute Gasteiger partial charge is 0.239 e. The molecule has 0 aliphatic rings. The van der Waals surface area contributed by atoms with Crippen molar-refractivity contribution in [2.24, 2.45) is 5.92 Å². The van der Waals surface area contributed by atoms with Gasteiger partial charge in [0.25, 0.3) is 0 Å². The molecule has 0 heterocycles. The van der Waals surface area contributed by atoms with Crippen LogP contribution in [0.5, 0.6) is 0 Å². The van der Waals surface area contributed by atoms with Crippen molar-refractivity contribution >= 4 is 11.6 Å². The Labute approximate surface area is 119 Å². The number of aliphatic hydroxyl groups excluding tert-OH is 1. The van der Waals surface area contributed by atoms with E-state index in [1.165, 1.54) is 0 Å². The van der Waals surface area contributed by atoms with Crippen LogP contribution in [0, 0.1) is 17.2 Å². The van der Waals surface area contributed by atoms with Crippen LogP contribution in [-0.2, 0) is 4.79 Å². The van der Waals surface area contributed by atoms with Gasteiger partial charge in [0, 0.05) is 12.2 Å². The fraction of sp³-hybridized carbons (Fsp3) is 0.467. The van der Waals surface area contributed by atoms with Crippen LogP contribution < -0.4 is 10.6 Å². The van der Waals surface area contributed by atoms with Crippen LogP contribution in [0.25, 0.3) is 0 Å². The number of carbonyl (C=O) groups excluding carboxylic acids is 1. The Morgan fingerprint density at radius 3 is 2.60 bits per heavy atom. The highest BCUT2D eigenvalue weighted by Crippen LogP contribution is 2.08. The van der Waals surface area contributed by atoms with E-state index in [2.05, 4.69) is 10.6 Å². The van der Waals surface area contributed by atoms with Crippen LogP contribution in [0.3, 0.4) is 0 Å². The van der Waals surface area contributed by atoms with Gasteiger partial charge in [-0.15, -0.1) is 0 Å². The molecule has 2 unspecified atom stereocenters. The van der Waals surface area contributed by atoms with Crippen LogP contribution in [-0.4, -0.2) is 30.2 Å². The highest BCUT2D eigenvalue weighted by atomic mass is 16.3. The minimum Gasteiger partial charge on any atom is -0.391 e. The zero-order valence-electron chi connectivity index (χ0n) is 11.9. The molecule has 2 atom stereocenters. The van der Waals surface area contributed by atoms with Crippen molar-refractivity contribution in [3.05, 3.63) is 29.8 Å². The third-order valence-electron chi connectivity index (χ3n) is 3.28. The number of nitriles is 1. The Kier molecular flexibility index (Phi) is 6.54. The lowest BCUT2D eigenvalue weighted by Gasteiger charge is -2.17. The fourth-order valence-corrected chi connectivity index (χ4v) is 1.60. The van der Waals surface area contributed by atoms with Crippen LogP contribution >= 0.6 is 0 Å². The standard InChI is InChI=1S/C15H21N3O2/c1-3-11(2)14(19)9-18-15(20)10-17-13-6-4-12(8-16)5-7-13/h4-7,11,14,17,19H,3,9-10H2,1-2H3,(H,18,20). The largest absolute Gasteiger partial charge is 0.391 e. The lowest BCUT2D eigenvalue weighted by Crippen LogP contribution is -2.38. The number of rotatable bonds is 7. The second kappa shape index (κ2) is 8.18. The fourth-order valence-electron chi connectivity index (χ4n) is 1.60. The van der Waals surface area contributed by atoms with Crippen molar-refractivity contribution in [3.63, 3.8) is 0 Å². The van der Waals surface area contributed by atoms with Gasteiger partial charge in [-0.3, -0.25) is 4.79 Å². The van der Waals surface area contributed by atoms with E-state index in [-0.39, 0.29) is 24.9 Å². The summed E-state index contributed by atoms with van der Waals surface area (Å²) in [6.07, 6.45) is 0.361. The van der Waals surface area contributed by atoms with Gasteiger partial charge in [-0.05, 0) is 30.2 Å². The summed E-state index contributed by atoms with van der Waals surface area (Å²) in [5, 5.41) is 24.1. The second-order valence-corrected chi connectivity index (χ2v) is 4.80. The lowest BCUT2D eigenvalue weighted by molar-refractivity contribution is -0.120. The van der Waals surface area contributed by atoms with Crippen molar-refractivity contribution in [2.75, 3.05) is 18.4 Å². The molecule has 0 spiro atoms. The molecule has 0 aliphatic carbocycles. The minimum absolute atomic E-state index is 0.138. The number of hydrogen-bond donors (Lipinski definition) is 3. The summed E-state index contributed by atoms with van der Waals surface area (Å²) in [7, 11) is 0. The van der Waals surface area contributed by atoms with Crippen LogP contribution in [0.2, 0.25) is 0 Å². The van der Waals surface area contributed by atoms with Crippen molar-refractivity contribution in [1.29, 1.82) is 5.26 Å². The summed E-state index contributed by atoms with van der Waals surface area (Å²) in [4.78, 5) is 11.6. The van der Waals surface area contributed by atoms with Gasteiger partial charge in [0.1, 0.15) is 0 Å². The zero-order valence-corrected chi connectivity index (χ0v) is 11.9. The average molecular weight is 275 g/mol. The van der Waals surface area contributed by atoms with Gasteiger partial charge in [-0.2, -0.15) is 5.26 Å². The molecule has 0 bridgehead atoms. The Balaban J connectivity index is 2.31. The summed E-state index contributed by atoms with van der Waals surface area (Å²) >= 11 is 0. The van der Waals surface area contributed by atoms with Gasteiger partial charge in [-0.25, -0.2) is 0 Å². The minimum atomic E-state index is -0.515. The molecule has 0 aliphatic heterocycles. The predicted octanol–water partition coefficient (Wildman–Crippen LogP) is 1.49. The first-order valence-electron chi connectivity index (χ1n) is 6.75. The van der Waals surface area contributed by atoms with E-state index in [0.717, 1.165) is 12.1 Å². The van der Waals surface area contributed by atoms with Gasteiger partial charge < -0.3 is 15.7 Å². The first-order chi connectivity index (χ1) is 9.56. The molecule has 0 aromatic heterocycles. The molecule has 108 valence electrons. The summed E-state index contributed by atoms with van der Waals surface area (Å²) in [5.41, 5.74) is 1.36. The molecule has 0 radical (unpaired) electrons. The van der Waals surface area contributed by atoms with E-state index < -0.39 is 6.10 Å². The SMILES string of the molecule is CCC(C)C(O)CNC(=O)CNc1ccc(C#N)cc1. The molecule has 1 aromatic rings. The van der Waals surface area contributed by atoms with E-state index in [9.17, 15) is 9.90 Å². The molecule has 1 aromatic carbocycles. The second-order valence-electron chi connectivity index (χ2n) is 4.80. The third kappa shape index (κ3) is 5.29. The summed E-state index contributed by atoms with van der Waals surface area (Å²) < 4.78 is 0. The predicted molar refractivity (Wildman–Crippen MR) is 78.1 cm³/mol. The molecule has 0 fully saturated rings. The van der Waals surface area contributed by atoms with E-state index in [1.807, 2.05) is 19.9 Å². The summed E-state index contributed by atoms with van der Waals surface area (Å²) in [6.45, 7) is 4.36. The third-order valence-corrected chi connectivity index (χ3v) is 3.28. The van der Waals surface area contributed by atoms with E-state index in [1.54, 1.807) is 24.3 Å². The van der Waals surface area contributed by atoms with E-state index in [0.29, 0.717) is 5.56 Å². The van der Waals surface area contributed by atoms with Crippen LogP contribution in [0.4, 0.5) is 5.69 Å². The monoisotopic (exact) mass is 275 g/mol. The molecular formula is C15H21N3O2. The number of anilines is 1. The molecular weight excluding hydrogens is 254 g/mol. The molecule has 1 amide bonds. The number of amides is 1. The number of benzene rings is 1. The van der Waals surface area contributed by atoms with E-state index in [4.69, 9.17) is 5.26 Å². The molecule has 5 heteroatoms. The quantitative estimate of drug-likeness (QED) is 0.704. The van der Waals surface area contributed by atoms with Gasteiger partial charge in [0.15, 0.2) is 0 Å². The summed E-state index contributed by atoms with van der Waals surface area (Å²) in [5.74, 6) is -0.00139. The topological polar surface area (TPSA) is 85.2 Å². The zero-order chi connectivity index (χ0) is 15.0. The van der Waals surface area contributed by atoms with Gasteiger partial charge in [-0.1, -0.05) is 20.3 Å². The van der Waals surface area contributed by atoms with E-state index >= 15 is 0 Å². The first kappa shape index (κ1) is 16.0. The van der Waals surface area contributed by atoms with Crippen molar-refractivity contribution in [1.82, 2.24) is 5.32 Å². The number of aliphatic hydroxyl groups is 1. The highest BCUT2D eigenvalue weighted by Gasteiger charge is 2.12. The van der Waals surface area contributed by atoms with Gasteiger partial charge >= 0.3 is 0 Å². The maximum Gasteiger partial charge on any atom is 0.239 e. The Morgan fingerprint density at radius 1 is 1.40 bits per heavy atom. The van der Waals surface area contributed by atoms with Crippen molar-refractivity contribution in [3.8, 4) is 6.07 Å². The van der Waals surface area contributed by atoms with Gasteiger partial charge in [0.2, 0.25) is 5.91 Å². The Hall–Kier alpha value is -2.06. The molecule has 0 saturated heterocycles.